The van der Waals surface area contributed by atoms with Gasteiger partial charge >= 0.3 is 0 Å². The summed E-state index contributed by atoms with van der Waals surface area (Å²) in [7, 11) is 0. The number of benzene rings is 1. The van der Waals surface area contributed by atoms with E-state index < -0.39 is 0 Å². The van der Waals surface area contributed by atoms with Crippen LogP contribution in [0.15, 0.2) is 40.9 Å². The van der Waals surface area contributed by atoms with E-state index >= 15 is 0 Å². The van der Waals surface area contributed by atoms with E-state index in [0.29, 0.717) is 0 Å². The van der Waals surface area contributed by atoms with Gasteiger partial charge in [-0.25, -0.2) is 15.0 Å². The molecule has 1 aromatic carbocycles. The van der Waals surface area contributed by atoms with Crippen LogP contribution in [0.4, 0.5) is 0 Å². The zero-order chi connectivity index (χ0) is 18.5. The van der Waals surface area contributed by atoms with Crippen molar-refractivity contribution < 1.29 is 4.42 Å². The maximum atomic E-state index is 6.00. The number of para-hydroxylation sites is 2. The third-order valence-electron chi connectivity index (χ3n) is 4.46. The van der Waals surface area contributed by atoms with Crippen molar-refractivity contribution in [2.75, 3.05) is 0 Å². The first-order valence-corrected chi connectivity index (χ1v) is 9.66. The molecule has 0 bridgehead atoms. The molecule has 0 radical (unpaired) electrons. The molecule has 4 rings (SSSR count). The highest BCUT2D eigenvalue weighted by molar-refractivity contribution is 7.18. The molecule has 0 N–H and O–H groups in total. The largest absolute Gasteiger partial charge is 0.440 e. The van der Waals surface area contributed by atoms with Gasteiger partial charge in [0.2, 0.25) is 5.89 Å². The maximum Gasteiger partial charge on any atom is 0.201 e. The molecule has 0 fully saturated rings. The highest BCUT2D eigenvalue weighted by Gasteiger charge is 2.28. The minimum absolute atomic E-state index is 0.0446. The Hall–Kier alpha value is -2.27. The van der Waals surface area contributed by atoms with Gasteiger partial charge in [0.15, 0.2) is 11.2 Å². The summed E-state index contributed by atoms with van der Waals surface area (Å²) < 4.78 is 7.14. The van der Waals surface area contributed by atoms with Gasteiger partial charge in [0, 0.05) is 17.0 Å². The number of hydrogen-bond donors (Lipinski definition) is 0. The predicted molar refractivity (Wildman–Crippen MR) is 107 cm³/mol. The fourth-order valence-corrected chi connectivity index (χ4v) is 4.07. The third kappa shape index (κ3) is 3.12. The topological polar surface area (TPSA) is 51.8 Å². The first-order chi connectivity index (χ1) is 12.2. The smallest absolute Gasteiger partial charge is 0.201 e. The van der Waals surface area contributed by atoms with E-state index in [1.54, 1.807) is 11.3 Å². The van der Waals surface area contributed by atoms with E-state index in [9.17, 15) is 0 Å². The van der Waals surface area contributed by atoms with Gasteiger partial charge in [-0.1, -0.05) is 46.8 Å². The lowest BCUT2D eigenvalue weighted by atomic mass is 9.86. The minimum Gasteiger partial charge on any atom is -0.440 e. The number of thiazole rings is 1. The van der Waals surface area contributed by atoms with Crippen LogP contribution in [-0.2, 0) is 17.3 Å². The molecule has 26 heavy (non-hydrogen) atoms. The molecule has 0 aliphatic carbocycles. The Kier molecular flexibility index (Phi) is 3.88. The Labute approximate surface area is 157 Å². The van der Waals surface area contributed by atoms with Gasteiger partial charge in [0.25, 0.3) is 0 Å². The van der Waals surface area contributed by atoms with Crippen molar-refractivity contribution in [1.82, 2.24) is 15.0 Å². The summed E-state index contributed by atoms with van der Waals surface area (Å²) in [6.07, 6.45) is 2.74. The van der Waals surface area contributed by atoms with Crippen molar-refractivity contribution in [2.45, 2.75) is 51.9 Å². The van der Waals surface area contributed by atoms with E-state index in [1.165, 1.54) is 5.56 Å². The Morgan fingerprint density at radius 1 is 1.04 bits per heavy atom. The zero-order valence-electron chi connectivity index (χ0n) is 15.8. The molecule has 0 unspecified atom stereocenters. The second kappa shape index (κ2) is 5.88. The van der Waals surface area contributed by atoms with Crippen LogP contribution in [0.1, 0.15) is 51.1 Å². The molecular formula is C21H23N3OS. The summed E-state index contributed by atoms with van der Waals surface area (Å²) in [5.41, 5.74) is 3.58. The fraction of sp³-hybridized carbons (Fsp3) is 0.381. The first kappa shape index (κ1) is 17.2. The van der Waals surface area contributed by atoms with Crippen molar-refractivity contribution in [3.05, 3.63) is 53.0 Å². The van der Waals surface area contributed by atoms with Crippen molar-refractivity contribution >= 4 is 32.8 Å². The predicted octanol–water partition coefficient (Wildman–Crippen LogP) is 5.65. The van der Waals surface area contributed by atoms with E-state index in [0.717, 1.165) is 38.8 Å². The Morgan fingerprint density at radius 3 is 2.54 bits per heavy atom. The molecule has 0 amide bonds. The van der Waals surface area contributed by atoms with Crippen molar-refractivity contribution in [3.63, 3.8) is 0 Å². The summed E-state index contributed by atoms with van der Waals surface area (Å²) in [6, 6.07) is 10.1. The van der Waals surface area contributed by atoms with Crippen LogP contribution in [0, 0.1) is 0 Å². The van der Waals surface area contributed by atoms with E-state index in [-0.39, 0.29) is 10.8 Å². The first-order valence-electron chi connectivity index (χ1n) is 8.84. The lowest BCUT2D eigenvalue weighted by molar-refractivity contribution is 0.381. The summed E-state index contributed by atoms with van der Waals surface area (Å²) in [4.78, 5) is 14.0. The second-order valence-electron chi connectivity index (χ2n) is 8.48. The SMILES string of the molecule is CC(C)(C)c1nc2ncc(CC(C)(C)c3nc4ccccc4o3)cc2s1. The van der Waals surface area contributed by atoms with Crippen LogP contribution in [0.5, 0.6) is 0 Å². The lowest BCUT2D eigenvalue weighted by Crippen LogP contribution is -2.21. The number of nitrogens with zero attached hydrogens (tertiary/aromatic N) is 3. The van der Waals surface area contributed by atoms with Gasteiger partial charge in [-0.15, -0.1) is 11.3 Å². The fourth-order valence-electron chi connectivity index (χ4n) is 3.03. The minimum atomic E-state index is -0.216. The van der Waals surface area contributed by atoms with Gasteiger partial charge in [0.1, 0.15) is 10.5 Å². The van der Waals surface area contributed by atoms with Gasteiger partial charge in [-0.2, -0.15) is 0 Å². The number of pyridine rings is 1. The van der Waals surface area contributed by atoms with Crippen molar-refractivity contribution in [3.8, 4) is 0 Å². The number of aromatic nitrogens is 3. The highest BCUT2D eigenvalue weighted by atomic mass is 32.1. The van der Waals surface area contributed by atoms with E-state index in [2.05, 4.69) is 55.6 Å². The van der Waals surface area contributed by atoms with Crippen molar-refractivity contribution in [1.29, 1.82) is 0 Å². The van der Waals surface area contributed by atoms with Gasteiger partial charge < -0.3 is 4.42 Å². The van der Waals surface area contributed by atoms with Crippen LogP contribution in [-0.4, -0.2) is 15.0 Å². The number of fused-ring (bicyclic) bond motifs is 2. The van der Waals surface area contributed by atoms with E-state index in [4.69, 9.17) is 4.42 Å². The molecule has 4 nitrogen and oxygen atoms in total. The van der Waals surface area contributed by atoms with Crippen molar-refractivity contribution in [2.24, 2.45) is 0 Å². The average molecular weight is 366 g/mol. The Morgan fingerprint density at radius 2 is 1.81 bits per heavy atom. The zero-order valence-corrected chi connectivity index (χ0v) is 16.6. The second-order valence-corrected chi connectivity index (χ2v) is 9.51. The Balaban J connectivity index is 1.66. The van der Waals surface area contributed by atoms with Crippen LogP contribution in [0.2, 0.25) is 0 Å². The number of hydrogen-bond acceptors (Lipinski definition) is 5. The van der Waals surface area contributed by atoms with Crippen LogP contribution >= 0.6 is 11.3 Å². The molecule has 0 aliphatic heterocycles. The normalized spacial score (nSPS) is 13.0. The lowest BCUT2D eigenvalue weighted by Gasteiger charge is -2.20. The molecule has 0 saturated carbocycles. The monoisotopic (exact) mass is 365 g/mol. The van der Waals surface area contributed by atoms with Gasteiger partial charge in [0.05, 0.1) is 4.70 Å². The standard InChI is InChI=1S/C21H23N3OS/c1-20(2,3)19-24-17-16(26-19)10-13(12-22-17)11-21(4,5)18-23-14-8-6-7-9-15(14)25-18/h6-10,12H,11H2,1-5H3. The quantitative estimate of drug-likeness (QED) is 0.471. The van der Waals surface area contributed by atoms with Gasteiger partial charge in [-0.05, 0) is 30.2 Å². The summed E-state index contributed by atoms with van der Waals surface area (Å²) in [5.74, 6) is 0.762. The van der Waals surface area contributed by atoms with Crippen LogP contribution < -0.4 is 0 Å². The molecule has 3 aromatic heterocycles. The number of oxazole rings is 1. The molecule has 0 aliphatic rings. The summed E-state index contributed by atoms with van der Waals surface area (Å²) in [6.45, 7) is 10.9. The third-order valence-corrected chi connectivity index (χ3v) is 5.88. The molecule has 5 heteroatoms. The van der Waals surface area contributed by atoms with E-state index in [1.807, 2.05) is 30.5 Å². The summed E-state index contributed by atoms with van der Waals surface area (Å²) in [5, 5.41) is 1.12. The number of rotatable bonds is 3. The Bertz CT molecular complexity index is 1050. The maximum absolute atomic E-state index is 6.00. The summed E-state index contributed by atoms with van der Waals surface area (Å²) >= 11 is 1.73. The molecule has 0 spiro atoms. The van der Waals surface area contributed by atoms with Crippen LogP contribution in [0.25, 0.3) is 21.4 Å². The average Bonchev–Trinajstić information content (AvgIpc) is 3.18. The molecule has 0 saturated heterocycles. The molecule has 0 atom stereocenters. The van der Waals surface area contributed by atoms with Crippen LogP contribution in [0.3, 0.4) is 0 Å². The molecular weight excluding hydrogens is 342 g/mol. The molecule has 4 aromatic rings. The molecule has 134 valence electrons. The molecule has 3 heterocycles. The highest BCUT2D eigenvalue weighted by Crippen LogP contribution is 2.33. The van der Waals surface area contributed by atoms with Gasteiger partial charge in [-0.3, -0.25) is 0 Å².